The third-order valence-corrected chi connectivity index (χ3v) is 3.19. The highest BCUT2D eigenvalue weighted by atomic mass is 19.3. The fraction of sp³-hybridized carbons (Fsp3) is 0.222. The van der Waals surface area contributed by atoms with Crippen molar-refractivity contribution in [3.8, 4) is 29.1 Å². The Labute approximate surface area is 148 Å². The van der Waals surface area contributed by atoms with Crippen LogP contribution in [0.25, 0.3) is 0 Å². The van der Waals surface area contributed by atoms with E-state index in [1.807, 2.05) is 6.07 Å². The lowest BCUT2D eigenvalue weighted by Gasteiger charge is -2.13. The topological polar surface area (TPSA) is 77.8 Å². The molecule has 0 aliphatic heterocycles. The zero-order valence-electron chi connectivity index (χ0n) is 14.0. The second-order valence-electron chi connectivity index (χ2n) is 4.84. The molecule has 0 aliphatic carbocycles. The molecule has 0 saturated carbocycles. The monoisotopic (exact) mass is 363 g/mol. The molecule has 0 aromatic heterocycles. The normalized spacial score (nSPS) is 10.2. The standard InChI is InChI=1S/C18H15F2NO5/c1-3-24-16-8-11(10-21)4-6-14(16)25-17(22)12-5-7-13(26-18(19)20)15(9-12)23-2/h4-9,18H,3H2,1-2H3. The molecule has 26 heavy (non-hydrogen) atoms. The summed E-state index contributed by atoms with van der Waals surface area (Å²) in [6.45, 7) is -0.960. The number of nitriles is 1. The Kier molecular flexibility index (Phi) is 6.33. The van der Waals surface area contributed by atoms with Crippen molar-refractivity contribution in [2.45, 2.75) is 13.5 Å². The molecular formula is C18H15F2NO5. The minimum atomic E-state index is -3.02. The maximum absolute atomic E-state index is 12.4. The molecular weight excluding hydrogens is 348 g/mol. The van der Waals surface area contributed by atoms with Crippen molar-refractivity contribution < 1.29 is 32.5 Å². The molecule has 0 spiro atoms. The van der Waals surface area contributed by atoms with Crippen LogP contribution in [0.15, 0.2) is 36.4 Å². The van der Waals surface area contributed by atoms with Gasteiger partial charge in [0.2, 0.25) is 0 Å². The minimum absolute atomic E-state index is 0.0374. The molecule has 0 heterocycles. The van der Waals surface area contributed by atoms with Gasteiger partial charge in [0.05, 0.1) is 30.9 Å². The minimum Gasteiger partial charge on any atom is -0.493 e. The maximum Gasteiger partial charge on any atom is 0.387 e. The van der Waals surface area contributed by atoms with Gasteiger partial charge < -0.3 is 18.9 Å². The highest BCUT2D eigenvalue weighted by molar-refractivity contribution is 5.92. The summed E-state index contributed by atoms with van der Waals surface area (Å²) in [7, 11) is 1.26. The maximum atomic E-state index is 12.4. The highest BCUT2D eigenvalue weighted by Gasteiger charge is 2.17. The molecule has 6 nitrogen and oxygen atoms in total. The molecule has 0 fully saturated rings. The predicted octanol–water partition coefficient (Wildman–Crippen LogP) is 3.79. The van der Waals surface area contributed by atoms with Crippen LogP contribution in [-0.2, 0) is 0 Å². The number of alkyl halides is 2. The van der Waals surface area contributed by atoms with Crippen LogP contribution < -0.4 is 18.9 Å². The number of rotatable bonds is 7. The SMILES string of the molecule is CCOc1cc(C#N)ccc1OC(=O)c1ccc(OC(F)F)c(OC)c1. The number of esters is 1. The molecule has 0 unspecified atom stereocenters. The first-order chi connectivity index (χ1) is 12.5. The van der Waals surface area contributed by atoms with Gasteiger partial charge in [-0.05, 0) is 37.3 Å². The van der Waals surface area contributed by atoms with Crippen LogP contribution in [0.2, 0.25) is 0 Å². The van der Waals surface area contributed by atoms with E-state index in [-0.39, 0.29) is 28.6 Å². The second kappa shape index (κ2) is 8.67. The Morgan fingerprint density at radius 2 is 1.85 bits per heavy atom. The van der Waals surface area contributed by atoms with Crippen LogP contribution in [0, 0.1) is 11.3 Å². The first kappa shape index (κ1) is 19.0. The smallest absolute Gasteiger partial charge is 0.387 e. The van der Waals surface area contributed by atoms with Crippen molar-refractivity contribution in [1.82, 2.24) is 0 Å². The Bertz CT molecular complexity index is 833. The van der Waals surface area contributed by atoms with E-state index >= 15 is 0 Å². The van der Waals surface area contributed by atoms with Gasteiger partial charge >= 0.3 is 12.6 Å². The molecule has 0 amide bonds. The summed E-state index contributed by atoms with van der Waals surface area (Å²) >= 11 is 0. The molecule has 2 rings (SSSR count). The summed E-state index contributed by atoms with van der Waals surface area (Å²) in [5.74, 6) is -0.623. The Hall–Kier alpha value is -3.34. The van der Waals surface area contributed by atoms with Crippen LogP contribution in [0.3, 0.4) is 0 Å². The Morgan fingerprint density at radius 1 is 1.12 bits per heavy atom. The molecule has 2 aromatic carbocycles. The third-order valence-electron chi connectivity index (χ3n) is 3.19. The molecule has 0 bridgehead atoms. The summed E-state index contributed by atoms with van der Waals surface area (Å²) in [5, 5.41) is 8.93. The van der Waals surface area contributed by atoms with Crippen molar-refractivity contribution in [3.63, 3.8) is 0 Å². The molecule has 0 saturated heterocycles. The van der Waals surface area contributed by atoms with Gasteiger partial charge in [0.15, 0.2) is 23.0 Å². The average molecular weight is 363 g/mol. The van der Waals surface area contributed by atoms with Gasteiger partial charge in [-0.1, -0.05) is 0 Å². The molecule has 0 radical (unpaired) electrons. The van der Waals surface area contributed by atoms with E-state index in [0.29, 0.717) is 12.2 Å². The second-order valence-corrected chi connectivity index (χ2v) is 4.84. The van der Waals surface area contributed by atoms with Crippen LogP contribution in [-0.4, -0.2) is 26.3 Å². The first-order valence-electron chi connectivity index (χ1n) is 7.50. The lowest BCUT2D eigenvalue weighted by molar-refractivity contribution is -0.0512. The molecule has 8 heteroatoms. The van der Waals surface area contributed by atoms with Gasteiger partial charge in [0, 0.05) is 6.07 Å². The number of carbonyl (C=O) groups excluding carboxylic acids is 1. The number of halogens is 2. The van der Waals surface area contributed by atoms with Crippen LogP contribution in [0.5, 0.6) is 23.0 Å². The summed E-state index contributed by atoms with van der Waals surface area (Å²) in [6.07, 6.45) is 0. The van der Waals surface area contributed by atoms with E-state index < -0.39 is 12.6 Å². The van der Waals surface area contributed by atoms with Crippen molar-refractivity contribution in [3.05, 3.63) is 47.5 Å². The molecule has 0 atom stereocenters. The summed E-state index contributed by atoms with van der Waals surface area (Å²) in [5.41, 5.74) is 0.415. The molecule has 0 aliphatic rings. The van der Waals surface area contributed by atoms with Crippen LogP contribution in [0.1, 0.15) is 22.8 Å². The number of hydrogen-bond acceptors (Lipinski definition) is 6. The number of benzene rings is 2. The van der Waals surface area contributed by atoms with E-state index in [4.69, 9.17) is 19.5 Å². The fourth-order valence-corrected chi connectivity index (χ4v) is 2.08. The lowest BCUT2D eigenvalue weighted by atomic mass is 10.2. The van der Waals surface area contributed by atoms with Crippen LogP contribution in [0.4, 0.5) is 8.78 Å². The van der Waals surface area contributed by atoms with E-state index in [0.717, 1.165) is 0 Å². The highest BCUT2D eigenvalue weighted by Crippen LogP contribution is 2.32. The largest absolute Gasteiger partial charge is 0.493 e. The third kappa shape index (κ3) is 4.60. The van der Waals surface area contributed by atoms with Crippen molar-refractivity contribution in [2.24, 2.45) is 0 Å². The van der Waals surface area contributed by atoms with Gasteiger partial charge in [-0.15, -0.1) is 0 Å². The number of nitrogens with zero attached hydrogens (tertiary/aromatic N) is 1. The van der Waals surface area contributed by atoms with E-state index in [9.17, 15) is 13.6 Å². The molecule has 136 valence electrons. The Balaban J connectivity index is 2.26. The number of methoxy groups -OCH3 is 1. The van der Waals surface area contributed by atoms with Crippen molar-refractivity contribution in [1.29, 1.82) is 5.26 Å². The number of ether oxygens (including phenoxy) is 4. The quantitative estimate of drug-likeness (QED) is 0.550. The zero-order chi connectivity index (χ0) is 19.1. The van der Waals surface area contributed by atoms with Gasteiger partial charge in [-0.2, -0.15) is 14.0 Å². The van der Waals surface area contributed by atoms with E-state index in [1.54, 1.807) is 6.92 Å². The molecule has 2 aromatic rings. The summed E-state index contributed by atoms with van der Waals surface area (Å²) in [6, 6.07) is 10.0. The van der Waals surface area contributed by atoms with Gasteiger partial charge in [0.25, 0.3) is 0 Å². The number of carbonyl (C=O) groups is 1. The van der Waals surface area contributed by atoms with Crippen molar-refractivity contribution in [2.75, 3.05) is 13.7 Å². The van der Waals surface area contributed by atoms with Crippen LogP contribution >= 0.6 is 0 Å². The average Bonchev–Trinajstić information content (AvgIpc) is 2.63. The molecule has 0 N–H and O–H groups in total. The summed E-state index contributed by atoms with van der Waals surface area (Å²) < 4.78 is 44.6. The van der Waals surface area contributed by atoms with E-state index in [1.165, 1.54) is 43.5 Å². The zero-order valence-corrected chi connectivity index (χ0v) is 14.0. The Morgan fingerprint density at radius 3 is 2.46 bits per heavy atom. The van der Waals surface area contributed by atoms with Gasteiger partial charge in [-0.25, -0.2) is 4.79 Å². The van der Waals surface area contributed by atoms with Crippen molar-refractivity contribution >= 4 is 5.97 Å². The predicted molar refractivity (Wildman–Crippen MR) is 86.9 cm³/mol. The first-order valence-corrected chi connectivity index (χ1v) is 7.50. The van der Waals surface area contributed by atoms with E-state index in [2.05, 4.69) is 4.74 Å². The number of hydrogen-bond donors (Lipinski definition) is 0. The lowest BCUT2D eigenvalue weighted by Crippen LogP contribution is -2.11. The van der Waals surface area contributed by atoms with Gasteiger partial charge in [0.1, 0.15) is 0 Å². The van der Waals surface area contributed by atoms with Gasteiger partial charge in [-0.3, -0.25) is 0 Å². The summed E-state index contributed by atoms with van der Waals surface area (Å²) in [4.78, 5) is 12.3. The fourth-order valence-electron chi connectivity index (χ4n) is 2.08.